The van der Waals surface area contributed by atoms with Gasteiger partial charge in [0, 0.05) is 48.1 Å². The molecule has 0 aliphatic carbocycles. The Hall–Kier alpha value is -2.33. The number of carbonyl (C=O) groups excluding carboxylic acids is 1. The molecule has 114 valence electrons. The first kappa shape index (κ1) is 16.0. The lowest BCUT2D eigenvalue weighted by molar-refractivity contribution is 0.0951. The van der Waals surface area contributed by atoms with Gasteiger partial charge in [-0.25, -0.2) is 0 Å². The molecule has 22 heavy (non-hydrogen) atoms. The molecular formula is C17H18ClN3O. The van der Waals surface area contributed by atoms with Gasteiger partial charge in [-0.15, -0.1) is 12.4 Å². The van der Waals surface area contributed by atoms with Gasteiger partial charge in [-0.2, -0.15) is 0 Å². The predicted molar refractivity (Wildman–Crippen MR) is 90.3 cm³/mol. The molecule has 5 heteroatoms. The molecule has 4 nitrogen and oxygen atoms in total. The number of para-hydroxylation sites is 1. The molecule has 0 saturated heterocycles. The van der Waals surface area contributed by atoms with Gasteiger partial charge in [-0.3, -0.25) is 9.78 Å². The largest absolute Gasteiger partial charge is 0.348 e. The number of pyridine rings is 1. The van der Waals surface area contributed by atoms with Gasteiger partial charge in [0.1, 0.15) is 0 Å². The van der Waals surface area contributed by atoms with Crippen LogP contribution in [-0.4, -0.2) is 15.5 Å². The number of halogens is 1. The summed E-state index contributed by atoms with van der Waals surface area (Å²) >= 11 is 0. The monoisotopic (exact) mass is 315 g/mol. The van der Waals surface area contributed by atoms with Gasteiger partial charge in [-0.05, 0) is 30.7 Å². The normalized spacial score (nSPS) is 10.3. The molecule has 1 amide bonds. The Labute approximate surface area is 135 Å². The van der Waals surface area contributed by atoms with E-state index in [0.29, 0.717) is 12.1 Å². The van der Waals surface area contributed by atoms with Crippen molar-refractivity contribution in [2.45, 2.75) is 13.5 Å². The molecule has 3 rings (SSSR count). The minimum atomic E-state index is -0.0789. The molecule has 0 atom stereocenters. The van der Waals surface area contributed by atoms with Crippen molar-refractivity contribution in [1.82, 2.24) is 14.9 Å². The van der Waals surface area contributed by atoms with Crippen LogP contribution in [0.4, 0.5) is 0 Å². The highest BCUT2D eigenvalue weighted by atomic mass is 35.5. The standard InChI is InChI=1S/C17H17N3O.ClH/c1-12-15(14-5-3-4-6-16(14)20(12)2)11-19-17(21)13-7-9-18-10-8-13;/h3-10H,11H2,1-2H3,(H,19,21);1H. The molecule has 0 aliphatic rings. The van der Waals surface area contributed by atoms with E-state index in [1.807, 2.05) is 19.2 Å². The van der Waals surface area contributed by atoms with Gasteiger partial charge in [0.05, 0.1) is 0 Å². The van der Waals surface area contributed by atoms with E-state index in [1.165, 1.54) is 16.6 Å². The van der Waals surface area contributed by atoms with Crippen LogP contribution in [0.15, 0.2) is 48.8 Å². The molecule has 0 radical (unpaired) electrons. The second kappa shape index (κ2) is 6.62. The summed E-state index contributed by atoms with van der Waals surface area (Å²) in [6.07, 6.45) is 3.25. The Bertz CT molecular complexity index is 796. The predicted octanol–water partition coefficient (Wildman–Crippen LogP) is 3.23. The maximum absolute atomic E-state index is 12.1. The third kappa shape index (κ3) is 2.83. The number of nitrogens with zero attached hydrogens (tertiary/aromatic N) is 2. The molecule has 2 aromatic heterocycles. The number of amides is 1. The second-order valence-electron chi connectivity index (χ2n) is 5.06. The van der Waals surface area contributed by atoms with Crippen molar-refractivity contribution in [2.24, 2.45) is 7.05 Å². The minimum Gasteiger partial charge on any atom is -0.348 e. The van der Waals surface area contributed by atoms with E-state index in [9.17, 15) is 4.79 Å². The quantitative estimate of drug-likeness (QED) is 0.806. The highest BCUT2D eigenvalue weighted by Gasteiger charge is 2.12. The molecule has 2 heterocycles. The lowest BCUT2D eigenvalue weighted by Gasteiger charge is -2.06. The van der Waals surface area contributed by atoms with Crippen LogP contribution in [0, 0.1) is 6.92 Å². The van der Waals surface area contributed by atoms with Gasteiger partial charge in [0.25, 0.3) is 5.91 Å². The fourth-order valence-corrected chi connectivity index (χ4v) is 2.60. The third-order valence-electron chi connectivity index (χ3n) is 3.90. The van der Waals surface area contributed by atoms with Crippen molar-refractivity contribution in [2.75, 3.05) is 0 Å². The summed E-state index contributed by atoms with van der Waals surface area (Å²) in [6, 6.07) is 11.7. The number of hydrogen-bond donors (Lipinski definition) is 1. The Morgan fingerprint density at radius 3 is 2.59 bits per heavy atom. The van der Waals surface area contributed by atoms with E-state index >= 15 is 0 Å². The highest BCUT2D eigenvalue weighted by Crippen LogP contribution is 2.24. The fourth-order valence-electron chi connectivity index (χ4n) is 2.60. The summed E-state index contributed by atoms with van der Waals surface area (Å²) < 4.78 is 2.16. The Morgan fingerprint density at radius 1 is 1.18 bits per heavy atom. The van der Waals surface area contributed by atoms with E-state index in [2.05, 4.69) is 33.9 Å². The number of nitrogens with one attached hydrogen (secondary N) is 1. The average molecular weight is 316 g/mol. The molecule has 1 aromatic carbocycles. The average Bonchev–Trinajstić information content (AvgIpc) is 2.78. The number of aryl methyl sites for hydroxylation is 1. The van der Waals surface area contributed by atoms with Crippen molar-refractivity contribution < 1.29 is 4.79 Å². The van der Waals surface area contributed by atoms with Crippen LogP contribution in [0.3, 0.4) is 0 Å². The molecular weight excluding hydrogens is 298 g/mol. The molecule has 0 spiro atoms. The zero-order chi connectivity index (χ0) is 14.8. The van der Waals surface area contributed by atoms with Gasteiger partial charge in [-0.1, -0.05) is 18.2 Å². The Morgan fingerprint density at radius 2 is 1.86 bits per heavy atom. The smallest absolute Gasteiger partial charge is 0.251 e. The lowest BCUT2D eigenvalue weighted by atomic mass is 10.1. The number of aromatic nitrogens is 2. The van der Waals surface area contributed by atoms with Crippen LogP contribution >= 0.6 is 12.4 Å². The first-order valence-electron chi connectivity index (χ1n) is 6.89. The number of hydrogen-bond acceptors (Lipinski definition) is 2. The molecule has 0 saturated carbocycles. The molecule has 0 unspecified atom stereocenters. The number of benzene rings is 1. The van der Waals surface area contributed by atoms with Gasteiger partial charge >= 0.3 is 0 Å². The Kier molecular flexibility index (Phi) is 4.83. The van der Waals surface area contributed by atoms with Crippen LogP contribution in [-0.2, 0) is 13.6 Å². The molecule has 1 N–H and O–H groups in total. The molecule has 0 bridgehead atoms. The van der Waals surface area contributed by atoms with E-state index in [0.717, 1.165) is 5.56 Å². The van der Waals surface area contributed by atoms with Crippen LogP contribution < -0.4 is 5.32 Å². The number of fused-ring (bicyclic) bond motifs is 1. The summed E-state index contributed by atoms with van der Waals surface area (Å²) in [7, 11) is 2.05. The highest BCUT2D eigenvalue weighted by molar-refractivity contribution is 5.94. The SMILES string of the molecule is Cc1c(CNC(=O)c2ccncc2)c2ccccc2n1C.Cl. The van der Waals surface area contributed by atoms with Crippen molar-refractivity contribution in [1.29, 1.82) is 0 Å². The zero-order valence-corrected chi connectivity index (χ0v) is 13.4. The van der Waals surface area contributed by atoms with Gasteiger partial charge < -0.3 is 9.88 Å². The number of carbonyl (C=O) groups is 1. The van der Waals surface area contributed by atoms with Crippen molar-refractivity contribution in [3.05, 3.63) is 65.6 Å². The topological polar surface area (TPSA) is 46.9 Å². The van der Waals surface area contributed by atoms with Gasteiger partial charge in [0.2, 0.25) is 0 Å². The molecule has 0 aliphatic heterocycles. The van der Waals surface area contributed by atoms with E-state index in [-0.39, 0.29) is 18.3 Å². The van der Waals surface area contributed by atoms with Crippen LogP contribution in [0.1, 0.15) is 21.6 Å². The zero-order valence-electron chi connectivity index (χ0n) is 12.5. The maximum Gasteiger partial charge on any atom is 0.251 e. The van der Waals surface area contributed by atoms with E-state index < -0.39 is 0 Å². The summed E-state index contributed by atoms with van der Waals surface area (Å²) in [4.78, 5) is 16.0. The van der Waals surface area contributed by atoms with Crippen molar-refractivity contribution >= 4 is 29.2 Å². The number of rotatable bonds is 3. The van der Waals surface area contributed by atoms with Gasteiger partial charge in [0.15, 0.2) is 0 Å². The second-order valence-corrected chi connectivity index (χ2v) is 5.06. The first-order chi connectivity index (χ1) is 10.2. The summed E-state index contributed by atoms with van der Waals surface area (Å²) in [5.74, 6) is -0.0789. The fraction of sp³-hybridized carbons (Fsp3) is 0.176. The first-order valence-corrected chi connectivity index (χ1v) is 6.89. The van der Waals surface area contributed by atoms with Crippen LogP contribution in [0.25, 0.3) is 10.9 Å². The van der Waals surface area contributed by atoms with Crippen LogP contribution in [0.2, 0.25) is 0 Å². The summed E-state index contributed by atoms with van der Waals surface area (Å²) in [5, 5.41) is 4.17. The minimum absolute atomic E-state index is 0. The Balaban J connectivity index is 0.00000176. The third-order valence-corrected chi connectivity index (χ3v) is 3.90. The van der Waals surface area contributed by atoms with E-state index in [1.54, 1.807) is 24.5 Å². The molecule has 3 aromatic rings. The lowest BCUT2D eigenvalue weighted by Crippen LogP contribution is -2.23. The van der Waals surface area contributed by atoms with Crippen LogP contribution in [0.5, 0.6) is 0 Å². The van der Waals surface area contributed by atoms with Crippen molar-refractivity contribution in [3.8, 4) is 0 Å². The summed E-state index contributed by atoms with van der Waals surface area (Å²) in [5.41, 5.74) is 4.15. The van der Waals surface area contributed by atoms with E-state index in [4.69, 9.17) is 0 Å². The maximum atomic E-state index is 12.1. The van der Waals surface area contributed by atoms with Crippen molar-refractivity contribution in [3.63, 3.8) is 0 Å². The summed E-state index contributed by atoms with van der Waals surface area (Å²) in [6.45, 7) is 2.60. The molecule has 0 fully saturated rings.